The number of hydrogen-bond donors (Lipinski definition) is 1. The number of hydrogen-bond acceptors (Lipinski definition) is 6. The Kier molecular flexibility index (Phi) is 8.89. The minimum atomic E-state index is -0.173. The van der Waals surface area contributed by atoms with Crippen molar-refractivity contribution in [2.24, 2.45) is 0 Å². The van der Waals surface area contributed by atoms with Crippen molar-refractivity contribution in [1.82, 2.24) is 15.1 Å². The van der Waals surface area contributed by atoms with Crippen LogP contribution < -0.4 is 15.0 Å². The van der Waals surface area contributed by atoms with E-state index in [1.165, 1.54) is 11.8 Å². The highest BCUT2D eigenvalue weighted by molar-refractivity contribution is 9.10. The number of carbonyl (C=O) groups excluding carboxylic acids is 2. The number of carbonyl (C=O) groups is 2. The lowest BCUT2D eigenvalue weighted by Gasteiger charge is -2.32. The Balaban J connectivity index is 1.40. The first-order valence-electron chi connectivity index (χ1n) is 11.8. The van der Waals surface area contributed by atoms with Gasteiger partial charge in [0.1, 0.15) is 12.3 Å². The van der Waals surface area contributed by atoms with Crippen molar-refractivity contribution in [3.05, 3.63) is 57.4 Å². The molecule has 0 saturated carbocycles. The molecule has 2 aromatic rings. The number of piperazine rings is 1. The number of ether oxygens (including phenoxy) is 1. The van der Waals surface area contributed by atoms with Gasteiger partial charge in [-0.2, -0.15) is 0 Å². The van der Waals surface area contributed by atoms with E-state index in [1.54, 1.807) is 12.0 Å². The molecule has 9 heteroatoms. The van der Waals surface area contributed by atoms with Gasteiger partial charge >= 0.3 is 0 Å². The van der Waals surface area contributed by atoms with Crippen molar-refractivity contribution in [1.29, 1.82) is 0 Å². The van der Waals surface area contributed by atoms with Gasteiger partial charge in [-0.05, 0) is 71.8 Å². The van der Waals surface area contributed by atoms with Crippen LogP contribution in [-0.4, -0.2) is 81.6 Å². The Labute approximate surface area is 219 Å². The lowest BCUT2D eigenvalue weighted by Crippen LogP contribution is -2.45. The van der Waals surface area contributed by atoms with Crippen molar-refractivity contribution < 1.29 is 14.3 Å². The van der Waals surface area contributed by atoms with Gasteiger partial charge in [-0.3, -0.25) is 14.5 Å². The summed E-state index contributed by atoms with van der Waals surface area (Å²) in [5.74, 6) is 0.407. The molecule has 1 saturated heterocycles. The molecule has 0 aromatic heterocycles. The zero-order chi connectivity index (χ0) is 24.8. The first-order valence-corrected chi connectivity index (χ1v) is 13.4. The van der Waals surface area contributed by atoms with Gasteiger partial charge < -0.3 is 19.9 Å². The van der Waals surface area contributed by atoms with Gasteiger partial charge in [0.2, 0.25) is 5.91 Å². The number of benzene rings is 2. The van der Waals surface area contributed by atoms with Crippen LogP contribution in [0.5, 0.6) is 5.75 Å². The number of para-hydroxylation sites is 1. The number of amides is 2. The molecule has 2 heterocycles. The van der Waals surface area contributed by atoms with Crippen molar-refractivity contribution in [2.45, 2.75) is 11.3 Å². The van der Waals surface area contributed by atoms with E-state index >= 15 is 0 Å². The number of likely N-dealkylation sites (N-methyl/N-ethyl adjacent to an activating group) is 1. The third-order valence-electron chi connectivity index (χ3n) is 6.18. The summed E-state index contributed by atoms with van der Waals surface area (Å²) < 4.78 is 6.12. The molecule has 4 rings (SSSR count). The summed E-state index contributed by atoms with van der Waals surface area (Å²) >= 11 is 4.93. The summed E-state index contributed by atoms with van der Waals surface area (Å²) in [6.45, 7) is 5.89. The quantitative estimate of drug-likeness (QED) is 0.393. The van der Waals surface area contributed by atoms with E-state index in [4.69, 9.17) is 4.74 Å². The fraction of sp³-hybridized carbons (Fsp3) is 0.385. The van der Waals surface area contributed by atoms with Crippen LogP contribution >= 0.6 is 27.7 Å². The standard InChI is InChI=1S/C26H31BrN4O3S/c1-29-12-14-30(15-13-29)11-5-10-28-25(32)18-31-21-6-3-4-7-23(21)35-24(26(31)33)17-19-8-9-22(34-2)20(27)16-19/h3-4,6-9,16-17H,5,10-15,18H2,1-2H3,(H,28,32). The van der Waals surface area contributed by atoms with E-state index in [9.17, 15) is 9.59 Å². The number of fused-ring (bicyclic) bond motifs is 1. The molecule has 0 spiro atoms. The predicted molar refractivity (Wildman–Crippen MR) is 145 cm³/mol. The average molecular weight is 560 g/mol. The Morgan fingerprint density at radius 3 is 2.69 bits per heavy atom. The predicted octanol–water partition coefficient (Wildman–Crippen LogP) is 3.69. The highest BCUT2D eigenvalue weighted by Crippen LogP contribution is 2.42. The molecule has 0 bridgehead atoms. The van der Waals surface area contributed by atoms with Crippen molar-refractivity contribution in [2.75, 3.05) is 64.9 Å². The number of nitrogens with zero attached hydrogens (tertiary/aromatic N) is 3. The first-order chi connectivity index (χ1) is 16.9. The lowest BCUT2D eigenvalue weighted by atomic mass is 10.2. The molecule has 1 N–H and O–H groups in total. The number of methoxy groups -OCH3 is 1. The molecule has 2 aliphatic heterocycles. The normalized spacial score (nSPS) is 18.0. The van der Waals surface area contributed by atoms with E-state index in [2.05, 4.69) is 38.1 Å². The van der Waals surface area contributed by atoms with E-state index in [1.807, 2.05) is 48.5 Å². The molecule has 2 aliphatic rings. The number of anilines is 1. The van der Waals surface area contributed by atoms with Crippen LogP contribution in [0.4, 0.5) is 5.69 Å². The van der Waals surface area contributed by atoms with E-state index in [0.29, 0.717) is 11.4 Å². The van der Waals surface area contributed by atoms with Gasteiger partial charge in [-0.25, -0.2) is 0 Å². The zero-order valence-corrected chi connectivity index (χ0v) is 22.5. The zero-order valence-electron chi connectivity index (χ0n) is 20.1. The van der Waals surface area contributed by atoms with Crippen LogP contribution in [0.2, 0.25) is 0 Å². The maximum absolute atomic E-state index is 13.4. The maximum atomic E-state index is 13.4. The summed E-state index contributed by atoms with van der Waals surface area (Å²) in [6.07, 6.45) is 2.75. The van der Waals surface area contributed by atoms with Crippen molar-refractivity contribution in [3.63, 3.8) is 0 Å². The molecule has 7 nitrogen and oxygen atoms in total. The molecular formula is C26H31BrN4O3S. The second-order valence-corrected chi connectivity index (χ2v) is 10.7. The molecule has 0 aliphatic carbocycles. The number of nitrogens with one attached hydrogen (secondary N) is 1. The lowest BCUT2D eigenvalue weighted by molar-refractivity contribution is -0.122. The molecular weight excluding hydrogens is 528 g/mol. The maximum Gasteiger partial charge on any atom is 0.265 e. The van der Waals surface area contributed by atoms with Crippen LogP contribution in [0, 0.1) is 0 Å². The van der Waals surface area contributed by atoms with Crippen LogP contribution in [0.15, 0.2) is 56.7 Å². The van der Waals surface area contributed by atoms with Gasteiger partial charge in [0, 0.05) is 37.6 Å². The minimum absolute atomic E-state index is 0.00539. The highest BCUT2D eigenvalue weighted by Gasteiger charge is 2.30. The van der Waals surface area contributed by atoms with Crippen LogP contribution in [0.1, 0.15) is 12.0 Å². The Hall–Kier alpha value is -2.33. The summed E-state index contributed by atoms with van der Waals surface area (Å²) in [6, 6.07) is 13.4. The average Bonchev–Trinajstić information content (AvgIpc) is 2.85. The first kappa shape index (κ1) is 25.8. The molecule has 2 amide bonds. The minimum Gasteiger partial charge on any atom is -0.496 e. The third-order valence-corrected chi connectivity index (χ3v) is 7.87. The van der Waals surface area contributed by atoms with E-state index < -0.39 is 0 Å². The molecule has 0 radical (unpaired) electrons. The number of halogens is 1. The van der Waals surface area contributed by atoms with Crippen molar-refractivity contribution in [3.8, 4) is 5.75 Å². The third kappa shape index (κ3) is 6.67. The van der Waals surface area contributed by atoms with Crippen LogP contribution in [0.25, 0.3) is 6.08 Å². The fourth-order valence-electron chi connectivity index (χ4n) is 4.14. The Morgan fingerprint density at radius 2 is 1.94 bits per heavy atom. The fourth-order valence-corrected chi connectivity index (χ4v) is 5.76. The second-order valence-electron chi connectivity index (χ2n) is 8.71. The molecule has 2 aromatic carbocycles. The summed E-state index contributed by atoms with van der Waals surface area (Å²) in [5.41, 5.74) is 1.64. The van der Waals surface area contributed by atoms with Crippen LogP contribution in [0.3, 0.4) is 0 Å². The monoisotopic (exact) mass is 558 g/mol. The van der Waals surface area contributed by atoms with Gasteiger partial charge in [0.15, 0.2) is 0 Å². The van der Waals surface area contributed by atoms with Crippen LogP contribution in [-0.2, 0) is 9.59 Å². The Morgan fingerprint density at radius 1 is 1.17 bits per heavy atom. The van der Waals surface area contributed by atoms with E-state index in [0.717, 1.165) is 65.5 Å². The Bertz CT molecular complexity index is 1100. The number of thioether (sulfide) groups is 1. The van der Waals surface area contributed by atoms with Gasteiger partial charge in [-0.15, -0.1) is 0 Å². The number of rotatable bonds is 8. The van der Waals surface area contributed by atoms with Gasteiger partial charge in [0.25, 0.3) is 5.91 Å². The SMILES string of the molecule is COc1ccc(C=C2Sc3ccccc3N(CC(=O)NCCCN3CCN(C)CC3)C2=O)cc1Br. The van der Waals surface area contributed by atoms with Gasteiger partial charge in [0.05, 0.1) is 22.2 Å². The molecule has 1 fully saturated rings. The van der Waals surface area contributed by atoms with Crippen molar-refractivity contribution >= 4 is 51.3 Å². The van der Waals surface area contributed by atoms with E-state index in [-0.39, 0.29) is 18.4 Å². The summed E-state index contributed by atoms with van der Waals surface area (Å²) in [4.78, 5) is 34.0. The molecule has 186 valence electrons. The summed E-state index contributed by atoms with van der Waals surface area (Å²) in [5, 5.41) is 3.00. The molecule has 35 heavy (non-hydrogen) atoms. The molecule has 0 unspecified atom stereocenters. The smallest absolute Gasteiger partial charge is 0.265 e. The van der Waals surface area contributed by atoms with Gasteiger partial charge in [-0.1, -0.05) is 30.0 Å². The largest absolute Gasteiger partial charge is 0.496 e. The second kappa shape index (κ2) is 12.1. The highest BCUT2D eigenvalue weighted by atomic mass is 79.9. The summed E-state index contributed by atoms with van der Waals surface area (Å²) in [7, 11) is 3.76. The molecule has 0 atom stereocenters. The topological polar surface area (TPSA) is 65.1 Å².